The quantitative estimate of drug-likeness (QED) is 0.632. The maximum absolute atomic E-state index is 12.9. The monoisotopic (exact) mass is 454 g/mol. The first kappa shape index (κ1) is 19.7. The molecule has 0 aliphatic carbocycles. The highest BCUT2D eigenvalue weighted by Crippen LogP contribution is 2.29. The lowest BCUT2D eigenvalue weighted by atomic mass is 9.86. The zero-order chi connectivity index (χ0) is 20.4. The van der Waals surface area contributed by atoms with Crippen LogP contribution in [0.25, 0.3) is 11.3 Å². The first-order valence-corrected chi connectivity index (χ1v) is 10.4. The van der Waals surface area contributed by atoms with Crippen molar-refractivity contribution in [2.75, 3.05) is 13.1 Å². The third-order valence-corrected chi connectivity index (χ3v) is 5.98. The van der Waals surface area contributed by atoms with Gasteiger partial charge in [0.15, 0.2) is 0 Å². The number of piperidine rings is 1. The standard InChI is InChI=1S/C21H23BrN6O/c1-13-15(20-17(22)11-25-28(20)2)3-4-18(26-13)21(29)27-19-12-24-10-7-16(19)14-5-8-23-9-6-14/h3-6,8-9,11,16,19,24H,7,10,12H2,1-2H3,(H,27,29)/t16-,19+/m1/s1. The lowest BCUT2D eigenvalue weighted by molar-refractivity contribution is 0.0919. The van der Waals surface area contributed by atoms with E-state index in [4.69, 9.17) is 0 Å². The maximum Gasteiger partial charge on any atom is 0.270 e. The van der Waals surface area contributed by atoms with Gasteiger partial charge in [0.05, 0.1) is 16.4 Å². The number of carbonyl (C=O) groups is 1. The average molecular weight is 455 g/mol. The summed E-state index contributed by atoms with van der Waals surface area (Å²) in [7, 11) is 1.88. The minimum Gasteiger partial charge on any atom is -0.346 e. The van der Waals surface area contributed by atoms with Crippen LogP contribution in [0.2, 0.25) is 0 Å². The Morgan fingerprint density at radius 2 is 2.07 bits per heavy atom. The number of pyridine rings is 2. The lowest BCUT2D eigenvalue weighted by Crippen LogP contribution is -2.50. The number of amides is 1. The van der Waals surface area contributed by atoms with E-state index in [2.05, 4.69) is 41.6 Å². The SMILES string of the molecule is Cc1nc(C(=O)N[C@H]2CNCC[C@@H]2c2ccncc2)ccc1-c1c(Br)cnn1C. The summed E-state index contributed by atoms with van der Waals surface area (Å²) in [5.41, 5.74) is 4.30. The Morgan fingerprint density at radius 3 is 2.76 bits per heavy atom. The second-order valence-corrected chi connectivity index (χ2v) is 8.11. The molecule has 2 N–H and O–H groups in total. The van der Waals surface area contributed by atoms with Gasteiger partial charge in [0.1, 0.15) is 5.69 Å². The van der Waals surface area contributed by atoms with Crippen LogP contribution in [-0.2, 0) is 7.05 Å². The fourth-order valence-corrected chi connectivity index (χ4v) is 4.48. The molecule has 4 rings (SSSR count). The molecule has 150 valence electrons. The van der Waals surface area contributed by atoms with E-state index in [1.54, 1.807) is 29.3 Å². The Morgan fingerprint density at radius 1 is 1.28 bits per heavy atom. The van der Waals surface area contributed by atoms with Gasteiger partial charge in [-0.15, -0.1) is 0 Å². The second-order valence-electron chi connectivity index (χ2n) is 7.25. The van der Waals surface area contributed by atoms with Crippen LogP contribution >= 0.6 is 15.9 Å². The molecule has 0 spiro atoms. The van der Waals surface area contributed by atoms with Gasteiger partial charge in [-0.05, 0) is 65.6 Å². The van der Waals surface area contributed by atoms with E-state index >= 15 is 0 Å². The summed E-state index contributed by atoms with van der Waals surface area (Å²) in [6, 6.07) is 7.76. The van der Waals surface area contributed by atoms with Crippen molar-refractivity contribution >= 4 is 21.8 Å². The Hall–Kier alpha value is -2.58. The molecular weight excluding hydrogens is 432 g/mol. The van der Waals surface area contributed by atoms with E-state index in [1.807, 2.05) is 32.2 Å². The Labute approximate surface area is 178 Å². The zero-order valence-electron chi connectivity index (χ0n) is 16.4. The van der Waals surface area contributed by atoms with Gasteiger partial charge in [-0.25, -0.2) is 4.98 Å². The predicted molar refractivity (Wildman–Crippen MR) is 115 cm³/mol. The molecule has 1 amide bonds. The van der Waals surface area contributed by atoms with E-state index in [-0.39, 0.29) is 17.9 Å². The van der Waals surface area contributed by atoms with Crippen LogP contribution in [0.15, 0.2) is 47.3 Å². The first-order chi connectivity index (χ1) is 14.0. The molecule has 7 nitrogen and oxygen atoms in total. The molecule has 0 bridgehead atoms. The van der Waals surface area contributed by atoms with Crippen molar-refractivity contribution in [1.29, 1.82) is 0 Å². The third-order valence-electron chi connectivity index (χ3n) is 5.40. The summed E-state index contributed by atoms with van der Waals surface area (Å²) in [5, 5.41) is 10.8. The number of nitrogens with zero attached hydrogens (tertiary/aromatic N) is 4. The number of rotatable bonds is 4. The van der Waals surface area contributed by atoms with E-state index in [0.29, 0.717) is 5.69 Å². The van der Waals surface area contributed by atoms with Crippen LogP contribution in [0.5, 0.6) is 0 Å². The maximum atomic E-state index is 12.9. The Bertz CT molecular complexity index is 1000. The highest BCUT2D eigenvalue weighted by atomic mass is 79.9. The second kappa shape index (κ2) is 8.42. The van der Waals surface area contributed by atoms with Crippen LogP contribution < -0.4 is 10.6 Å². The summed E-state index contributed by atoms with van der Waals surface area (Å²) >= 11 is 3.53. The van der Waals surface area contributed by atoms with Crippen LogP contribution in [0.3, 0.4) is 0 Å². The fraction of sp³-hybridized carbons (Fsp3) is 0.333. The average Bonchev–Trinajstić information content (AvgIpc) is 3.07. The van der Waals surface area contributed by atoms with E-state index in [9.17, 15) is 4.79 Å². The van der Waals surface area contributed by atoms with E-state index in [0.717, 1.165) is 40.9 Å². The van der Waals surface area contributed by atoms with Gasteiger partial charge in [-0.1, -0.05) is 0 Å². The minimum atomic E-state index is -0.156. The summed E-state index contributed by atoms with van der Waals surface area (Å²) in [6.07, 6.45) is 6.33. The third kappa shape index (κ3) is 4.09. The highest BCUT2D eigenvalue weighted by molar-refractivity contribution is 9.10. The molecule has 3 aromatic rings. The van der Waals surface area contributed by atoms with Gasteiger partial charge in [-0.2, -0.15) is 5.10 Å². The molecule has 0 radical (unpaired) electrons. The molecule has 1 fully saturated rings. The highest BCUT2D eigenvalue weighted by Gasteiger charge is 2.28. The van der Waals surface area contributed by atoms with Crippen molar-refractivity contribution in [3.8, 4) is 11.3 Å². The molecule has 29 heavy (non-hydrogen) atoms. The molecule has 8 heteroatoms. The molecule has 4 heterocycles. The van der Waals surface area contributed by atoms with Gasteiger partial charge in [0, 0.05) is 49.2 Å². The van der Waals surface area contributed by atoms with Gasteiger partial charge >= 0.3 is 0 Å². The molecule has 2 atom stereocenters. The number of hydrogen-bond acceptors (Lipinski definition) is 5. The molecule has 3 aromatic heterocycles. The smallest absolute Gasteiger partial charge is 0.270 e. The van der Waals surface area contributed by atoms with Crippen LogP contribution in [-0.4, -0.2) is 44.8 Å². The van der Waals surface area contributed by atoms with E-state index < -0.39 is 0 Å². The molecular formula is C21H23BrN6O. The van der Waals surface area contributed by atoms with Crippen molar-refractivity contribution < 1.29 is 4.79 Å². The van der Waals surface area contributed by atoms with Gasteiger partial charge in [-0.3, -0.25) is 14.5 Å². The van der Waals surface area contributed by atoms with Gasteiger partial charge in [0.2, 0.25) is 0 Å². The van der Waals surface area contributed by atoms with Crippen molar-refractivity contribution in [3.05, 3.63) is 64.3 Å². The number of hydrogen-bond donors (Lipinski definition) is 2. The minimum absolute atomic E-state index is 0.00616. The molecule has 1 aliphatic heterocycles. The van der Waals surface area contributed by atoms with E-state index in [1.165, 1.54) is 5.56 Å². The summed E-state index contributed by atoms with van der Waals surface area (Å²) < 4.78 is 2.69. The van der Waals surface area contributed by atoms with Crippen LogP contribution in [0.1, 0.15) is 34.1 Å². The largest absolute Gasteiger partial charge is 0.346 e. The zero-order valence-corrected chi connectivity index (χ0v) is 18.0. The van der Waals surface area contributed by atoms with Crippen molar-refractivity contribution in [2.24, 2.45) is 7.05 Å². The first-order valence-electron chi connectivity index (χ1n) is 9.61. The lowest BCUT2D eigenvalue weighted by Gasteiger charge is -2.33. The molecule has 0 saturated carbocycles. The van der Waals surface area contributed by atoms with Crippen molar-refractivity contribution in [3.63, 3.8) is 0 Å². The number of carbonyl (C=O) groups excluding carboxylic acids is 1. The molecule has 0 aromatic carbocycles. The molecule has 1 saturated heterocycles. The molecule has 1 aliphatic rings. The van der Waals surface area contributed by atoms with Gasteiger partial charge < -0.3 is 10.6 Å². The predicted octanol–water partition coefficient (Wildman–Crippen LogP) is 2.82. The van der Waals surface area contributed by atoms with Crippen molar-refractivity contribution in [1.82, 2.24) is 30.4 Å². The summed E-state index contributed by atoms with van der Waals surface area (Å²) in [5.74, 6) is 0.102. The summed E-state index contributed by atoms with van der Waals surface area (Å²) in [6.45, 7) is 3.58. The fourth-order valence-electron chi connectivity index (χ4n) is 3.91. The number of aryl methyl sites for hydroxylation is 2. The number of aromatic nitrogens is 4. The topological polar surface area (TPSA) is 84.7 Å². The number of halogens is 1. The molecule has 0 unspecified atom stereocenters. The normalized spacial score (nSPS) is 19.1. The van der Waals surface area contributed by atoms with Gasteiger partial charge in [0.25, 0.3) is 5.91 Å². The summed E-state index contributed by atoms with van der Waals surface area (Å²) in [4.78, 5) is 21.6. The van der Waals surface area contributed by atoms with Crippen LogP contribution in [0, 0.1) is 6.92 Å². The number of nitrogens with one attached hydrogen (secondary N) is 2. The van der Waals surface area contributed by atoms with Crippen molar-refractivity contribution in [2.45, 2.75) is 25.3 Å². The van der Waals surface area contributed by atoms with Crippen LogP contribution in [0.4, 0.5) is 0 Å². The Balaban J connectivity index is 1.54. The Kier molecular flexibility index (Phi) is 5.73.